The van der Waals surface area contributed by atoms with Crippen LogP contribution in [0.3, 0.4) is 0 Å². The molecule has 0 aromatic heterocycles. The van der Waals surface area contributed by atoms with Gasteiger partial charge in [0.15, 0.2) is 0 Å². The molecule has 0 amide bonds. The van der Waals surface area contributed by atoms with Crippen molar-refractivity contribution in [3.8, 4) is 0 Å². The van der Waals surface area contributed by atoms with Crippen molar-refractivity contribution in [1.82, 2.24) is 0 Å². The first-order chi connectivity index (χ1) is 11.7. The molecule has 0 aliphatic carbocycles. The van der Waals surface area contributed by atoms with E-state index < -0.39 is 0 Å². The highest BCUT2D eigenvalue weighted by molar-refractivity contribution is 4.82. The molecule has 0 N–H and O–H groups in total. The topological polar surface area (TPSA) is 0 Å². The Kier molecular flexibility index (Phi) is 18.9. The maximum absolute atomic E-state index is 2.45. The minimum Gasteiger partial charge on any atom is -0.0885 e. The van der Waals surface area contributed by atoms with Gasteiger partial charge in [0.2, 0.25) is 0 Å². The summed E-state index contributed by atoms with van der Waals surface area (Å²) < 4.78 is 0. The molecule has 0 bridgehead atoms. The normalized spacial score (nSPS) is 13.2. The van der Waals surface area contributed by atoms with E-state index in [1.807, 2.05) is 0 Å². The summed E-state index contributed by atoms with van der Waals surface area (Å²) in [4.78, 5) is 0. The zero-order valence-electron chi connectivity index (χ0n) is 17.6. The van der Waals surface area contributed by atoms with E-state index in [9.17, 15) is 0 Å². The summed E-state index contributed by atoms with van der Waals surface area (Å²) in [5.74, 6) is 1.79. The molecular weight excluding hydrogens is 288 g/mol. The average Bonchev–Trinajstić information content (AvgIpc) is 2.57. The SMILES string of the molecule is CCCCCC=CCCC(CCCCCCCCCCC)C(C)C. The smallest absolute Gasteiger partial charge is 0.0348 e. The molecule has 1 unspecified atom stereocenters. The van der Waals surface area contributed by atoms with Gasteiger partial charge in [0.25, 0.3) is 0 Å². The Labute approximate surface area is 154 Å². The van der Waals surface area contributed by atoms with E-state index in [-0.39, 0.29) is 0 Å². The van der Waals surface area contributed by atoms with Gasteiger partial charge in [-0.05, 0) is 37.5 Å². The third-order valence-corrected chi connectivity index (χ3v) is 5.47. The van der Waals surface area contributed by atoms with Gasteiger partial charge in [-0.2, -0.15) is 0 Å². The van der Waals surface area contributed by atoms with Crippen LogP contribution in [0.5, 0.6) is 0 Å². The van der Waals surface area contributed by atoms with E-state index in [0.717, 1.165) is 11.8 Å². The Morgan fingerprint density at radius 1 is 0.542 bits per heavy atom. The Bertz CT molecular complexity index is 251. The number of hydrogen-bond donors (Lipinski definition) is 0. The Balaban J connectivity index is 3.56. The lowest BCUT2D eigenvalue weighted by Gasteiger charge is -2.20. The van der Waals surface area contributed by atoms with E-state index in [1.54, 1.807) is 0 Å². The lowest BCUT2D eigenvalue weighted by molar-refractivity contribution is 0.326. The first-order valence-corrected chi connectivity index (χ1v) is 11.4. The lowest BCUT2D eigenvalue weighted by Crippen LogP contribution is -2.08. The van der Waals surface area contributed by atoms with Gasteiger partial charge in [-0.15, -0.1) is 0 Å². The molecule has 0 rings (SSSR count). The van der Waals surface area contributed by atoms with Gasteiger partial charge in [0, 0.05) is 0 Å². The molecule has 0 spiro atoms. The van der Waals surface area contributed by atoms with Crippen molar-refractivity contribution in [3.05, 3.63) is 12.2 Å². The second-order valence-electron chi connectivity index (χ2n) is 8.17. The highest BCUT2D eigenvalue weighted by Crippen LogP contribution is 2.24. The molecule has 1 atom stereocenters. The van der Waals surface area contributed by atoms with Gasteiger partial charge in [-0.3, -0.25) is 0 Å². The predicted octanol–water partition coefficient (Wildman–Crippen LogP) is 9.10. The highest BCUT2D eigenvalue weighted by Gasteiger charge is 2.11. The molecule has 24 heavy (non-hydrogen) atoms. The van der Waals surface area contributed by atoms with Gasteiger partial charge in [0.05, 0.1) is 0 Å². The van der Waals surface area contributed by atoms with Crippen LogP contribution in [0.4, 0.5) is 0 Å². The van der Waals surface area contributed by atoms with Crippen LogP contribution in [0.25, 0.3) is 0 Å². The maximum Gasteiger partial charge on any atom is -0.0348 e. The first-order valence-electron chi connectivity index (χ1n) is 11.4. The minimum absolute atomic E-state index is 0.854. The van der Waals surface area contributed by atoms with E-state index in [2.05, 4.69) is 39.8 Å². The molecule has 0 heterocycles. The molecule has 144 valence electrons. The Hall–Kier alpha value is -0.260. The van der Waals surface area contributed by atoms with Crippen molar-refractivity contribution in [1.29, 1.82) is 0 Å². The largest absolute Gasteiger partial charge is 0.0885 e. The van der Waals surface area contributed by atoms with Crippen LogP contribution in [0, 0.1) is 11.8 Å². The van der Waals surface area contributed by atoms with Gasteiger partial charge >= 0.3 is 0 Å². The molecule has 0 radical (unpaired) electrons. The van der Waals surface area contributed by atoms with E-state index in [1.165, 1.54) is 103 Å². The van der Waals surface area contributed by atoms with Crippen molar-refractivity contribution in [2.45, 2.75) is 130 Å². The van der Waals surface area contributed by atoms with Crippen molar-refractivity contribution in [3.63, 3.8) is 0 Å². The second kappa shape index (κ2) is 19.1. The van der Waals surface area contributed by atoms with Crippen LogP contribution in [0.2, 0.25) is 0 Å². The molecule has 0 aromatic rings. The van der Waals surface area contributed by atoms with Crippen LogP contribution >= 0.6 is 0 Å². The average molecular weight is 337 g/mol. The summed E-state index contributed by atoms with van der Waals surface area (Å²) in [6.45, 7) is 9.42. The van der Waals surface area contributed by atoms with Crippen LogP contribution in [-0.4, -0.2) is 0 Å². The van der Waals surface area contributed by atoms with E-state index in [0.29, 0.717) is 0 Å². The van der Waals surface area contributed by atoms with Crippen LogP contribution in [0.15, 0.2) is 12.2 Å². The summed E-state index contributed by atoms with van der Waals surface area (Å²) in [7, 11) is 0. The molecule has 0 saturated carbocycles. The quantitative estimate of drug-likeness (QED) is 0.173. The monoisotopic (exact) mass is 336 g/mol. The fraction of sp³-hybridized carbons (Fsp3) is 0.917. The number of rotatable bonds is 18. The summed E-state index contributed by atoms with van der Waals surface area (Å²) in [5.41, 5.74) is 0. The van der Waals surface area contributed by atoms with E-state index in [4.69, 9.17) is 0 Å². The van der Waals surface area contributed by atoms with Gasteiger partial charge in [-0.1, -0.05) is 117 Å². The lowest BCUT2D eigenvalue weighted by atomic mass is 9.86. The number of hydrogen-bond acceptors (Lipinski definition) is 0. The fourth-order valence-corrected chi connectivity index (χ4v) is 3.59. The summed E-state index contributed by atoms with van der Waals surface area (Å²) >= 11 is 0. The summed E-state index contributed by atoms with van der Waals surface area (Å²) in [5, 5.41) is 0. The number of unbranched alkanes of at least 4 members (excludes halogenated alkanes) is 11. The molecule has 0 nitrogen and oxygen atoms in total. The molecule has 0 aromatic carbocycles. The first kappa shape index (κ1) is 23.7. The predicted molar refractivity (Wildman–Crippen MR) is 113 cm³/mol. The van der Waals surface area contributed by atoms with Crippen LogP contribution < -0.4 is 0 Å². The van der Waals surface area contributed by atoms with Gasteiger partial charge < -0.3 is 0 Å². The summed E-state index contributed by atoms with van der Waals surface area (Å²) in [6, 6.07) is 0. The van der Waals surface area contributed by atoms with Crippen LogP contribution in [0.1, 0.15) is 130 Å². The van der Waals surface area contributed by atoms with Crippen LogP contribution in [-0.2, 0) is 0 Å². The zero-order chi connectivity index (χ0) is 17.9. The van der Waals surface area contributed by atoms with E-state index >= 15 is 0 Å². The zero-order valence-corrected chi connectivity index (χ0v) is 17.6. The van der Waals surface area contributed by atoms with Gasteiger partial charge in [0.1, 0.15) is 0 Å². The molecule has 0 aliphatic rings. The van der Waals surface area contributed by atoms with Crippen molar-refractivity contribution < 1.29 is 0 Å². The summed E-state index contributed by atoms with van der Waals surface area (Å²) in [6.07, 6.45) is 27.5. The van der Waals surface area contributed by atoms with Crippen molar-refractivity contribution in [2.75, 3.05) is 0 Å². The Morgan fingerprint density at radius 3 is 1.62 bits per heavy atom. The Morgan fingerprint density at radius 2 is 1.04 bits per heavy atom. The van der Waals surface area contributed by atoms with Crippen molar-refractivity contribution >= 4 is 0 Å². The standard InChI is InChI=1S/C24H48/c1-5-7-9-11-13-14-16-18-20-22-24(23(3)4)21-19-17-15-12-10-8-6-2/h15,17,23-24H,5-14,16,18-22H2,1-4H3. The second-order valence-corrected chi connectivity index (χ2v) is 8.17. The maximum atomic E-state index is 2.45. The third kappa shape index (κ3) is 16.6. The van der Waals surface area contributed by atoms with Gasteiger partial charge in [-0.25, -0.2) is 0 Å². The minimum atomic E-state index is 0.854. The third-order valence-electron chi connectivity index (χ3n) is 5.47. The van der Waals surface area contributed by atoms with Crippen molar-refractivity contribution in [2.24, 2.45) is 11.8 Å². The molecular formula is C24H48. The molecule has 0 saturated heterocycles. The molecule has 0 fully saturated rings. The number of allylic oxidation sites excluding steroid dienone is 2. The fourth-order valence-electron chi connectivity index (χ4n) is 3.59. The highest BCUT2D eigenvalue weighted by atomic mass is 14.2. The molecule has 0 aliphatic heterocycles. The molecule has 0 heteroatoms.